The number of ether oxygens (including phenoxy) is 3. The van der Waals surface area contributed by atoms with Crippen LogP contribution in [0.5, 0.6) is 17.2 Å². The van der Waals surface area contributed by atoms with Crippen molar-refractivity contribution in [1.82, 2.24) is 10.6 Å². The van der Waals surface area contributed by atoms with Crippen LogP contribution in [0.1, 0.15) is 12.0 Å². The van der Waals surface area contributed by atoms with E-state index in [9.17, 15) is 4.79 Å². The molecule has 120 valence electrons. The Balaban J connectivity index is 0.00000400. The maximum Gasteiger partial charge on any atom is 0.221 e. The molecule has 0 radical (unpaired) electrons. The molecular formula is C14H23ClN2O4. The summed E-state index contributed by atoms with van der Waals surface area (Å²) in [5, 5.41) is 5.77. The number of nitrogens with one attached hydrogen (secondary N) is 2. The van der Waals surface area contributed by atoms with Crippen molar-refractivity contribution < 1.29 is 19.0 Å². The van der Waals surface area contributed by atoms with Crippen molar-refractivity contribution >= 4 is 18.3 Å². The van der Waals surface area contributed by atoms with Gasteiger partial charge in [0.05, 0.1) is 21.3 Å². The van der Waals surface area contributed by atoms with E-state index in [1.54, 1.807) is 21.3 Å². The lowest BCUT2D eigenvalue weighted by Crippen LogP contribution is -2.26. The zero-order chi connectivity index (χ0) is 15.0. The molecule has 1 rings (SSSR count). The van der Waals surface area contributed by atoms with E-state index in [1.165, 1.54) is 0 Å². The summed E-state index contributed by atoms with van der Waals surface area (Å²) in [7, 11) is 6.49. The van der Waals surface area contributed by atoms with Gasteiger partial charge in [0.25, 0.3) is 0 Å². The fourth-order valence-corrected chi connectivity index (χ4v) is 1.77. The smallest absolute Gasteiger partial charge is 0.221 e. The monoisotopic (exact) mass is 318 g/mol. The highest BCUT2D eigenvalue weighted by Crippen LogP contribution is 2.38. The van der Waals surface area contributed by atoms with Crippen molar-refractivity contribution in [2.75, 3.05) is 34.9 Å². The second-order valence-corrected chi connectivity index (χ2v) is 4.16. The fourth-order valence-electron chi connectivity index (χ4n) is 1.77. The summed E-state index contributed by atoms with van der Waals surface area (Å²) in [4.78, 5) is 11.6. The third-order valence-electron chi connectivity index (χ3n) is 2.82. The van der Waals surface area contributed by atoms with Gasteiger partial charge >= 0.3 is 0 Å². The third kappa shape index (κ3) is 5.69. The second-order valence-electron chi connectivity index (χ2n) is 4.16. The summed E-state index contributed by atoms with van der Waals surface area (Å²) in [6.07, 6.45) is 0.445. The Labute approximate surface area is 131 Å². The standard InChI is InChI=1S/C14H22N2O4.ClH/c1-15-6-5-13(17)16-9-10-7-11(18-2)14(20-4)12(8-10)19-3;/h7-8,15H,5-6,9H2,1-4H3,(H,16,17);1H. The van der Waals surface area contributed by atoms with Crippen LogP contribution in [-0.2, 0) is 11.3 Å². The van der Waals surface area contributed by atoms with E-state index in [0.717, 1.165) is 5.56 Å². The highest BCUT2D eigenvalue weighted by atomic mass is 35.5. The molecule has 0 unspecified atom stereocenters. The zero-order valence-electron chi connectivity index (χ0n) is 12.8. The number of benzene rings is 1. The number of carbonyl (C=O) groups excluding carboxylic acids is 1. The van der Waals surface area contributed by atoms with Crippen molar-refractivity contribution in [2.45, 2.75) is 13.0 Å². The molecule has 21 heavy (non-hydrogen) atoms. The molecule has 1 aromatic carbocycles. The molecule has 6 nitrogen and oxygen atoms in total. The summed E-state index contributed by atoms with van der Waals surface area (Å²) < 4.78 is 15.8. The summed E-state index contributed by atoms with van der Waals surface area (Å²) in [6, 6.07) is 3.64. The average Bonchev–Trinajstić information content (AvgIpc) is 2.49. The zero-order valence-corrected chi connectivity index (χ0v) is 13.6. The van der Waals surface area contributed by atoms with Gasteiger partial charge in [-0.25, -0.2) is 0 Å². The molecule has 0 saturated carbocycles. The molecule has 1 amide bonds. The Kier molecular flexibility index (Phi) is 9.32. The number of methoxy groups -OCH3 is 3. The van der Waals surface area contributed by atoms with E-state index in [1.807, 2.05) is 19.2 Å². The van der Waals surface area contributed by atoms with Crippen LogP contribution in [-0.4, -0.2) is 40.8 Å². The van der Waals surface area contributed by atoms with Gasteiger partial charge in [-0.1, -0.05) is 0 Å². The van der Waals surface area contributed by atoms with E-state index < -0.39 is 0 Å². The van der Waals surface area contributed by atoms with Crippen LogP contribution in [0.4, 0.5) is 0 Å². The second kappa shape index (κ2) is 10.1. The number of hydrogen-bond acceptors (Lipinski definition) is 5. The number of halogens is 1. The van der Waals surface area contributed by atoms with E-state index >= 15 is 0 Å². The quantitative estimate of drug-likeness (QED) is 0.757. The Bertz CT molecular complexity index is 430. The number of hydrogen-bond donors (Lipinski definition) is 2. The van der Waals surface area contributed by atoms with Crippen molar-refractivity contribution in [1.29, 1.82) is 0 Å². The van der Waals surface area contributed by atoms with E-state index in [2.05, 4.69) is 10.6 Å². The van der Waals surface area contributed by atoms with Crippen molar-refractivity contribution in [3.05, 3.63) is 17.7 Å². The van der Waals surface area contributed by atoms with Gasteiger partial charge in [-0.05, 0) is 24.7 Å². The van der Waals surface area contributed by atoms with Crippen LogP contribution in [0, 0.1) is 0 Å². The van der Waals surface area contributed by atoms with Gasteiger partial charge in [0.2, 0.25) is 11.7 Å². The molecule has 0 bridgehead atoms. The van der Waals surface area contributed by atoms with E-state index in [4.69, 9.17) is 14.2 Å². The molecule has 0 heterocycles. The lowest BCUT2D eigenvalue weighted by Gasteiger charge is -2.14. The minimum Gasteiger partial charge on any atom is -0.493 e. The molecule has 0 fully saturated rings. The number of amides is 1. The maximum atomic E-state index is 11.6. The predicted molar refractivity (Wildman–Crippen MR) is 83.7 cm³/mol. The maximum absolute atomic E-state index is 11.6. The van der Waals surface area contributed by atoms with Gasteiger partial charge in [0.1, 0.15) is 0 Å². The molecule has 0 aliphatic carbocycles. The van der Waals surface area contributed by atoms with Crippen LogP contribution in [0.2, 0.25) is 0 Å². The van der Waals surface area contributed by atoms with Crippen LogP contribution in [0.3, 0.4) is 0 Å². The molecule has 0 atom stereocenters. The van der Waals surface area contributed by atoms with E-state index in [0.29, 0.717) is 36.8 Å². The molecule has 1 aromatic rings. The van der Waals surface area contributed by atoms with Crippen LogP contribution >= 0.6 is 12.4 Å². The first-order valence-corrected chi connectivity index (χ1v) is 6.36. The molecular weight excluding hydrogens is 296 g/mol. The van der Waals surface area contributed by atoms with E-state index in [-0.39, 0.29) is 18.3 Å². The molecule has 0 aliphatic heterocycles. The number of rotatable bonds is 8. The fraction of sp³-hybridized carbons (Fsp3) is 0.500. The van der Waals surface area contributed by atoms with Crippen molar-refractivity contribution in [3.63, 3.8) is 0 Å². The first-order chi connectivity index (χ1) is 9.65. The van der Waals surface area contributed by atoms with Gasteiger partial charge < -0.3 is 24.8 Å². The predicted octanol–water partition coefficient (Wildman–Crippen LogP) is 1.36. The Morgan fingerprint density at radius 1 is 1.10 bits per heavy atom. The lowest BCUT2D eigenvalue weighted by molar-refractivity contribution is -0.121. The van der Waals surface area contributed by atoms with Gasteiger partial charge in [-0.15, -0.1) is 12.4 Å². The topological polar surface area (TPSA) is 68.8 Å². The summed E-state index contributed by atoms with van der Waals surface area (Å²) in [6.45, 7) is 1.07. The largest absolute Gasteiger partial charge is 0.493 e. The number of carbonyl (C=O) groups is 1. The van der Waals surface area contributed by atoms with Crippen LogP contribution < -0.4 is 24.8 Å². The van der Waals surface area contributed by atoms with Crippen LogP contribution in [0.25, 0.3) is 0 Å². The summed E-state index contributed by atoms with van der Waals surface area (Å²) in [5.41, 5.74) is 0.886. The first kappa shape index (κ1) is 19.3. The minimum absolute atomic E-state index is 0. The SMILES string of the molecule is CNCCC(=O)NCc1cc(OC)c(OC)c(OC)c1.Cl. The molecule has 2 N–H and O–H groups in total. The normalized spacial score (nSPS) is 9.52. The Hall–Kier alpha value is -1.66. The third-order valence-corrected chi connectivity index (χ3v) is 2.82. The lowest BCUT2D eigenvalue weighted by atomic mass is 10.1. The van der Waals surface area contributed by atoms with Gasteiger partial charge in [-0.2, -0.15) is 0 Å². The minimum atomic E-state index is -0.00639. The van der Waals surface area contributed by atoms with Gasteiger partial charge in [0, 0.05) is 19.5 Å². The molecule has 0 saturated heterocycles. The summed E-state index contributed by atoms with van der Waals surface area (Å²) in [5.74, 6) is 1.69. The Morgan fingerprint density at radius 3 is 2.10 bits per heavy atom. The van der Waals surface area contributed by atoms with Crippen molar-refractivity contribution in [3.8, 4) is 17.2 Å². The van der Waals surface area contributed by atoms with Gasteiger partial charge in [0.15, 0.2) is 11.5 Å². The molecule has 0 aliphatic rings. The highest BCUT2D eigenvalue weighted by Gasteiger charge is 2.13. The van der Waals surface area contributed by atoms with Crippen LogP contribution in [0.15, 0.2) is 12.1 Å². The first-order valence-electron chi connectivity index (χ1n) is 6.36. The highest BCUT2D eigenvalue weighted by molar-refractivity contribution is 5.85. The molecule has 0 aromatic heterocycles. The van der Waals surface area contributed by atoms with Crippen molar-refractivity contribution in [2.24, 2.45) is 0 Å². The molecule has 7 heteroatoms. The van der Waals surface area contributed by atoms with Gasteiger partial charge in [-0.3, -0.25) is 4.79 Å². The average molecular weight is 319 g/mol. The summed E-state index contributed by atoms with van der Waals surface area (Å²) >= 11 is 0. The Morgan fingerprint density at radius 2 is 1.67 bits per heavy atom. The molecule has 0 spiro atoms.